The van der Waals surface area contributed by atoms with Crippen molar-refractivity contribution in [1.29, 1.82) is 0 Å². The van der Waals surface area contributed by atoms with Gasteiger partial charge in [-0.2, -0.15) is 0 Å². The first-order chi connectivity index (χ1) is 12.2. The molecule has 0 aromatic heterocycles. The quantitative estimate of drug-likeness (QED) is 0.576. The first kappa shape index (κ1) is 19.7. The van der Waals surface area contributed by atoms with Gasteiger partial charge in [0, 0.05) is 29.5 Å². The fourth-order valence-electron chi connectivity index (χ4n) is 3.48. The van der Waals surface area contributed by atoms with Crippen LogP contribution in [0.1, 0.15) is 39.2 Å². The summed E-state index contributed by atoms with van der Waals surface area (Å²) >= 11 is 3.56. The molecular weight excluding hydrogens is 414 g/mol. The van der Waals surface area contributed by atoms with Gasteiger partial charge < -0.3 is 10.2 Å². The maximum atomic E-state index is 12.3. The molecule has 1 aromatic carbocycles. The Morgan fingerprint density at radius 3 is 2.65 bits per heavy atom. The van der Waals surface area contributed by atoms with E-state index in [4.69, 9.17) is 4.99 Å². The van der Waals surface area contributed by atoms with Crippen LogP contribution >= 0.6 is 15.9 Å². The molecule has 1 saturated heterocycles. The van der Waals surface area contributed by atoms with Gasteiger partial charge in [-0.3, -0.25) is 4.99 Å². The van der Waals surface area contributed by atoms with Crippen molar-refractivity contribution < 1.29 is 8.42 Å². The second-order valence-corrected chi connectivity index (χ2v) is 11.6. The van der Waals surface area contributed by atoms with E-state index in [9.17, 15) is 8.42 Å². The molecule has 26 heavy (non-hydrogen) atoms. The molecule has 0 spiro atoms. The highest BCUT2D eigenvalue weighted by Gasteiger charge is 2.45. The molecule has 0 bridgehead atoms. The van der Waals surface area contributed by atoms with Gasteiger partial charge in [-0.1, -0.05) is 28.1 Å². The summed E-state index contributed by atoms with van der Waals surface area (Å²) in [4.78, 5) is 7.01. The van der Waals surface area contributed by atoms with E-state index in [1.54, 1.807) is 0 Å². The van der Waals surface area contributed by atoms with Crippen molar-refractivity contribution in [2.24, 2.45) is 4.99 Å². The SMILES string of the molecule is CCNC(=NCC1(c2cccc(Br)c2)CC1)N1CCS(=O)(=O)C(C)(C)C1. The lowest BCUT2D eigenvalue weighted by atomic mass is 9.96. The summed E-state index contributed by atoms with van der Waals surface area (Å²) < 4.78 is 24.9. The van der Waals surface area contributed by atoms with Crippen molar-refractivity contribution in [3.63, 3.8) is 0 Å². The van der Waals surface area contributed by atoms with Crippen LogP contribution in [0, 0.1) is 0 Å². The van der Waals surface area contributed by atoms with Gasteiger partial charge in [0.25, 0.3) is 0 Å². The third kappa shape index (κ3) is 3.93. The van der Waals surface area contributed by atoms with Crippen LogP contribution in [0.2, 0.25) is 0 Å². The van der Waals surface area contributed by atoms with Gasteiger partial charge in [-0.15, -0.1) is 0 Å². The first-order valence-corrected chi connectivity index (χ1v) is 11.7. The summed E-state index contributed by atoms with van der Waals surface area (Å²) in [6.07, 6.45) is 2.29. The van der Waals surface area contributed by atoms with Gasteiger partial charge in [0.1, 0.15) is 0 Å². The highest BCUT2D eigenvalue weighted by Crippen LogP contribution is 2.48. The minimum atomic E-state index is -3.05. The van der Waals surface area contributed by atoms with Crippen molar-refractivity contribution in [3.05, 3.63) is 34.3 Å². The maximum Gasteiger partial charge on any atom is 0.194 e. The molecule has 1 saturated carbocycles. The Morgan fingerprint density at radius 2 is 2.08 bits per heavy atom. The maximum absolute atomic E-state index is 12.3. The van der Waals surface area contributed by atoms with Crippen LogP contribution in [-0.4, -0.2) is 56.0 Å². The Hall–Kier alpha value is -1.08. The molecule has 0 radical (unpaired) electrons. The lowest BCUT2D eigenvalue weighted by Crippen LogP contribution is -2.57. The van der Waals surface area contributed by atoms with Gasteiger partial charge in [0.2, 0.25) is 0 Å². The summed E-state index contributed by atoms with van der Waals surface area (Å²) in [5.41, 5.74) is 1.45. The normalized spacial score (nSPS) is 23.5. The molecule has 3 rings (SSSR count). The van der Waals surface area contributed by atoms with E-state index in [0.29, 0.717) is 13.1 Å². The fourth-order valence-corrected chi connectivity index (χ4v) is 5.25. The highest BCUT2D eigenvalue weighted by molar-refractivity contribution is 9.10. The smallest absolute Gasteiger partial charge is 0.194 e. The lowest BCUT2D eigenvalue weighted by molar-refractivity contribution is 0.353. The summed E-state index contributed by atoms with van der Waals surface area (Å²) in [5.74, 6) is 1.01. The average molecular weight is 442 g/mol. The predicted molar refractivity (Wildman–Crippen MR) is 110 cm³/mol. The minimum Gasteiger partial charge on any atom is -0.357 e. The number of aliphatic imine (C=N–C) groups is 1. The Labute approximate surface area is 165 Å². The van der Waals surface area contributed by atoms with Gasteiger partial charge in [-0.05, 0) is 51.3 Å². The molecule has 144 valence electrons. The molecule has 1 aliphatic heterocycles. The zero-order valence-electron chi connectivity index (χ0n) is 15.8. The summed E-state index contributed by atoms with van der Waals surface area (Å²) in [7, 11) is -3.05. The number of rotatable bonds is 4. The topological polar surface area (TPSA) is 61.8 Å². The Balaban J connectivity index is 1.78. The lowest BCUT2D eigenvalue weighted by Gasteiger charge is -2.39. The third-order valence-electron chi connectivity index (χ3n) is 5.50. The van der Waals surface area contributed by atoms with E-state index in [1.807, 2.05) is 26.8 Å². The molecule has 7 heteroatoms. The van der Waals surface area contributed by atoms with Crippen LogP contribution in [0.15, 0.2) is 33.7 Å². The van der Waals surface area contributed by atoms with Gasteiger partial charge in [0.15, 0.2) is 15.8 Å². The number of hydrogen-bond acceptors (Lipinski definition) is 3. The zero-order valence-corrected chi connectivity index (χ0v) is 18.2. The predicted octanol–water partition coefficient (Wildman–Crippen LogP) is 2.96. The van der Waals surface area contributed by atoms with E-state index in [0.717, 1.165) is 36.4 Å². The molecular formula is C19H28BrN3O2S. The van der Waals surface area contributed by atoms with Crippen LogP contribution < -0.4 is 5.32 Å². The highest BCUT2D eigenvalue weighted by atomic mass is 79.9. The number of halogens is 1. The zero-order chi connectivity index (χ0) is 19.0. The molecule has 2 aliphatic rings. The second-order valence-electron chi connectivity index (χ2n) is 7.96. The third-order valence-corrected chi connectivity index (χ3v) is 8.53. The van der Waals surface area contributed by atoms with E-state index < -0.39 is 14.6 Å². The standard InChI is InChI=1S/C19H28BrN3O2S/c1-4-21-17(23-10-11-26(24,25)18(2,3)14-23)22-13-19(8-9-19)15-6-5-7-16(20)12-15/h5-7,12H,4,8-11,13-14H2,1-3H3,(H,21,22). The van der Waals surface area contributed by atoms with Crippen molar-refractivity contribution in [2.75, 3.05) is 31.9 Å². The average Bonchev–Trinajstić information content (AvgIpc) is 3.35. The molecule has 1 N–H and O–H groups in total. The first-order valence-electron chi connectivity index (χ1n) is 9.21. The van der Waals surface area contributed by atoms with Crippen molar-refractivity contribution >= 4 is 31.7 Å². The number of benzene rings is 1. The summed E-state index contributed by atoms with van der Waals surface area (Å²) in [6.45, 7) is 8.14. The van der Waals surface area contributed by atoms with Crippen molar-refractivity contribution in [2.45, 2.75) is 43.8 Å². The monoisotopic (exact) mass is 441 g/mol. The van der Waals surface area contributed by atoms with E-state index in [2.05, 4.69) is 44.3 Å². The Morgan fingerprint density at radius 1 is 1.35 bits per heavy atom. The molecule has 0 unspecified atom stereocenters. The Kier molecular flexibility index (Phi) is 5.41. The van der Waals surface area contributed by atoms with E-state index in [-0.39, 0.29) is 11.2 Å². The van der Waals surface area contributed by atoms with Crippen LogP contribution in [0.5, 0.6) is 0 Å². The number of hydrogen-bond donors (Lipinski definition) is 1. The molecule has 5 nitrogen and oxygen atoms in total. The number of guanidine groups is 1. The van der Waals surface area contributed by atoms with Crippen molar-refractivity contribution in [1.82, 2.24) is 10.2 Å². The minimum absolute atomic E-state index is 0.127. The largest absolute Gasteiger partial charge is 0.357 e. The van der Waals surface area contributed by atoms with Crippen LogP contribution in [-0.2, 0) is 15.3 Å². The molecule has 2 fully saturated rings. The van der Waals surface area contributed by atoms with Crippen LogP contribution in [0.25, 0.3) is 0 Å². The van der Waals surface area contributed by atoms with Crippen LogP contribution in [0.3, 0.4) is 0 Å². The van der Waals surface area contributed by atoms with E-state index in [1.165, 1.54) is 5.56 Å². The van der Waals surface area contributed by atoms with Crippen LogP contribution in [0.4, 0.5) is 0 Å². The fraction of sp³-hybridized carbons (Fsp3) is 0.632. The summed E-state index contributed by atoms with van der Waals surface area (Å²) in [6, 6.07) is 8.48. The van der Waals surface area contributed by atoms with Crippen molar-refractivity contribution in [3.8, 4) is 0 Å². The number of sulfone groups is 1. The summed E-state index contributed by atoms with van der Waals surface area (Å²) in [5, 5.41) is 3.35. The Bertz CT molecular complexity index is 801. The molecule has 0 amide bonds. The number of nitrogens with zero attached hydrogens (tertiary/aromatic N) is 2. The van der Waals surface area contributed by atoms with Gasteiger partial charge >= 0.3 is 0 Å². The number of nitrogens with one attached hydrogen (secondary N) is 1. The van der Waals surface area contributed by atoms with Gasteiger partial charge in [-0.25, -0.2) is 8.42 Å². The second kappa shape index (κ2) is 7.15. The molecule has 1 aromatic rings. The van der Waals surface area contributed by atoms with E-state index >= 15 is 0 Å². The molecule has 1 heterocycles. The molecule has 1 aliphatic carbocycles. The molecule has 0 atom stereocenters. The van der Waals surface area contributed by atoms with Gasteiger partial charge in [0.05, 0.1) is 17.0 Å².